The molecule has 7 nitrogen and oxygen atoms in total. The number of nitro groups is 1. The number of nitriles is 2. The third kappa shape index (κ3) is 2.30. The van der Waals surface area contributed by atoms with E-state index in [0.717, 1.165) is 6.07 Å². The molecule has 0 radical (unpaired) electrons. The van der Waals surface area contributed by atoms with Gasteiger partial charge in [-0.3, -0.25) is 10.1 Å². The highest BCUT2D eigenvalue weighted by molar-refractivity contribution is 9.10. The van der Waals surface area contributed by atoms with Crippen LogP contribution in [0.25, 0.3) is 5.69 Å². The fourth-order valence-electron chi connectivity index (χ4n) is 1.48. The Morgan fingerprint density at radius 3 is 2.63 bits per heavy atom. The molecule has 0 aliphatic carbocycles. The lowest BCUT2D eigenvalue weighted by molar-refractivity contribution is -0.384. The molecular formula is C11H4BrN5O2. The Bertz CT molecular complexity index is 753. The van der Waals surface area contributed by atoms with Crippen LogP contribution in [0.15, 0.2) is 28.9 Å². The van der Waals surface area contributed by atoms with Crippen LogP contribution in [-0.4, -0.2) is 14.7 Å². The summed E-state index contributed by atoms with van der Waals surface area (Å²) in [5, 5.41) is 32.5. The number of rotatable bonds is 2. The molecule has 0 spiro atoms. The van der Waals surface area contributed by atoms with Crippen molar-refractivity contribution in [3.8, 4) is 17.8 Å². The third-order valence-electron chi connectivity index (χ3n) is 2.32. The van der Waals surface area contributed by atoms with Crippen molar-refractivity contribution in [2.75, 3.05) is 0 Å². The molecule has 0 N–H and O–H groups in total. The standard InChI is InChI=1S/C11H4BrN5O2/c12-8-6-16(15-9(8)5-14)10-2-1-7(4-13)3-11(10)17(18)19/h1-3,6H. The number of aromatic nitrogens is 2. The zero-order chi connectivity index (χ0) is 14.0. The van der Waals surface area contributed by atoms with E-state index in [9.17, 15) is 10.1 Å². The summed E-state index contributed by atoms with van der Waals surface area (Å²) >= 11 is 3.14. The van der Waals surface area contributed by atoms with Crippen LogP contribution in [0.4, 0.5) is 5.69 Å². The Balaban J connectivity index is 2.65. The van der Waals surface area contributed by atoms with Gasteiger partial charge in [-0.05, 0) is 28.1 Å². The summed E-state index contributed by atoms with van der Waals surface area (Å²) in [5.74, 6) is 0. The highest BCUT2D eigenvalue weighted by Crippen LogP contribution is 2.25. The van der Waals surface area contributed by atoms with Crippen LogP contribution >= 0.6 is 15.9 Å². The summed E-state index contributed by atoms with van der Waals surface area (Å²) in [5.41, 5.74) is 0.241. The zero-order valence-electron chi connectivity index (χ0n) is 9.24. The molecule has 1 aromatic heterocycles. The molecule has 1 heterocycles. The lowest BCUT2D eigenvalue weighted by atomic mass is 10.2. The van der Waals surface area contributed by atoms with E-state index in [4.69, 9.17) is 10.5 Å². The second-order valence-corrected chi connectivity index (χ2v) is 4.31. The smallest absolute Gasteiger partial charge is 0.258 e. The second kappa shape index (κ2) is 4.88. The van der Waals surface area contributed by atoms with Gasteiger partial charge in [0.2, 0.25) is 0 Å². The van der Waals surface area contributed by atoms with Gasteiger partial charge in [-0.2, -0.15) is 15.6 Å². The van der Waals surface area contributed by atoms with E-state index in [1.807, 2.05) is 12.1 Å². The minimum absolute atomic E-state index is 0.124. The van der Waals surface area contributed by atoms with E-state index < -0.39 is 4.92 Å². The number of hydrogen-bond donors (Lipinski definition) is 0. The van der Waals surface area contributed by atoms with Crippen molar-refractivity contribution in [1.82, 2.24) is 9.78 Å². The summed E-state index contributed by atoms with van der Waals surface area (Å²) in [6.07, 6.45) is 1.45. The summed E-state index contributed by atoms with van der Waals surface area (Å²) in [6, 6.07) is 7.71. The molecule has 0 saturated carbocycles. The Hall–Kier alpha value is -2.71. The molecule has 8 heteroatoms. The first-order valence-electron chi connectivity index (χ1n) is 4.91. The maximum Gasteiger partial charge on any atom is 0.296 e. The first-order valence-corrected chi connectivity index (χ1v) is 5.70. The number of halogens is 1. The van der Waals surface area contributed by atoms with Gasteiger partial charge in [-0.25, -0.2) is 4.68 Å². The van der Waals surface area contributed by atoms with Crippen molar-refractivity contribution in [2.24, 2.45) is 0 Å². The van der Waals surface area contributed by atoms with E-state index in [1.165, 1.54) is 23.0 Å². The van der Waals surface area contributed by atoms with Crippen LogP contribution in [0.3, 0.4) is 0 Å². The molecule has 0 atom stereocenters. The van der Waals surface area contributed by atoms with Gasteiger partial charge in [0.1, 0.15) is 11.8 Å². The van der Waals surface area contributed by atoms with Crippen molar-refractivity contribution in [2.45, 2.75) is 0 Å². The molecule has 0 bridgehead atoms. The Kier molecular flexibility index (Phi) is 3.27. The topological polar surface area (TPSA) is 109 Å². The Morgan fingerprint density at radius 1 is 1.37 bits per heavy atom. The monoisotopic (exact) mass is 317 g/mol. The molecule has 1 aromatic carbocycles. The van der Waals surface area contributed by atoms with E-state index in [1.54, 1.807) is 0 Å². The van der Waals surface area contributed by atoms with Crippen molar-refractivity contribution < 1.29 is 4.92 Å². The Labute approximate surface area is 115 Å². The highest BCUT2D eigenvalue weighted by atomic mass is 79.9. The van der Waals surface area contributed by atoms with Gasteiger partial charge in [0.25, 0.3) is 5.69 Å². The molecule has 0 amide bonds. The van der Waals surface area contributed by atoms with Gasteiger partial charge in [0.05, 0.1) is 21.0 Å². The largest absolute Gasteiger partial charge is 0.296 e. The summed E-state index contributed by atoms with van der Waals surface area (Å²) in [7, 11) is 0. The predicted octanol–water partition coefficient (Wildman–Crippen LogP) is 2.29. The first-order chi connectivity index (χ1) is 9.06. The van der Waals surface area contributed by atoms with Crippen molar-refractivity contribution in [3.63, 3.8) is 0 Å². The summed E-state index contributed by atoms with van der Waals surface area (Å²) < 4.78 is 1.66. The lowest BCUT2D eigenvalue weighted by Crippen LogP contribution is -2.01. The summed E-state index contributed by atoms with van der Waals surface area (Å²) in [4.78, 5) is 10.4. The van der Waals surface area contributed by atoms with Crippen LogP contribution in [0.1, 0.15) is 11.3 Å². The average molecular weight is 318 g/mol. The third-order valence-corrected chi connectivity index (χ3v) is 2.90. The Morgan fingerprint density at radius 2 is 2.11 bits per heavy atom. The van der Waals surface area contributed by atoms with Crippen molar-refractivity contribution in [3.05, 3.63) is 50.2 Å². The fraction of sp³-hybridized carbons (Fsp3) is 0. The minimum atomic E-state index is -0.599. The zero-order valence-corrected chi connectivity index (χ0v) is 10.8. The van der Waals surface area contributed by atoms with Crippen LogP contribution in [0, 0.1) is 32.8 Å². The van der Waals surface area contributed by atoms with E-state index in [-0.39, 0.29) is 22.6 Å². The fourth-order valence-corrected chi connectivity index (χ4v) is 1.85. The SMILES string of the molecule is N#Cc1ccc(-n2cc(Br)c(C#N)n2)c([N+](=O)[O-])c1. The molecular weight excluding hydrogens is 314 g/mol. The molecule has 0 fully saturated rings. The average Bonchev–Trinajstić information content (AvgIpc) is 2.79. The van der Waals surface area contributed by atoms with Crippen LogP contribution in [0.2, 0.25) is 0 Å². The highest BCUT2D eigenvalue weighted by Gasteiger charge is 2.18. The van der Waals surface area contributed by atoms with E-state index >= 15 is 0 Å². The molecule has 0 saturated heterocycles. The van der Waals surface area contributed by atoms with Gasteiger partial charge in [-0.1, -0.05) is 0 Å². The van der Waals surface area contributed by atoms with Crippen molar-refractivity contribution in [1.29, 1.82) is 10.5 Å². The molecule has 0 aliphatic heterocycles. The lowest BCUT2D eigenvalue weighted by Gasteiger charge is -2.02. The molecule has 19 heavy (non-hydrogen) atoms. The number of benzene rings is 1. The van der Waals surface area contributed by atoms with Crippen LogP contribution in [-0.2, 0) is 0 Å². The van der Waals surface area contributed by atoms with Crippen LogP contribution < -0.4 is 0 Å². The van der Waals surface area contributed by atoms with Gasteiger partial charge in [0, 0.05) is 12.3 Å². The second-order valence-electron chi connectivity index (χ2n) is 3.45. The van der Waals surface area contributed by atoms with Gasteiger partial charge in [-0.15, -0.1) is 0 Å². The molecule has 0 aliphatic rings. The van der Waals surface area contributed by atoms with Gasteiger partial charge in [0.15, 0.2) is 5.69 Å². The van der Waals surface area contributed by atoms with E-state index in [0.29, 0.717) is 4.47 Å². The number of nitrogens with zero attached hydrogens (tertiary/aromatic N) is 5. The van der Waals surface area contributed by atoms with Gasteiger partial charge >= 0.3 is 0 Å². The molecule has 2 rings (SSSR count). The maximum absolute atomic E-state index is 11.0. The number of nitro benzene ring substituents is 1. The van der Waals surface area contributed by atoms with Gasteiger partial charge < -0.3 is 0 Å². The minimum Gasteiger partial charge on any atom is -0.258 e. The summed E-state index contributed by atoms with van der Waals surface area (Å²) in [6.45, 7) is 0. The quantitative estimate of drug-likeness (QED) is 0.623. The number of hydrogen-bond acceptors (Lipinski definition) is 5. The normalized spacial score (nSPS) is 9.63. The molecule has 92 valence electrons. The molecule has 0 unspecified atom stereocenters. The maximum atomic E-state index is 11.0. The predicted molar refractivity (Wildman–Crippen MR) is 67.3 cm³/mol. The first kappa shape index (κ1) is 12.7. The van der Waals surface area contributed by atoms with Crippen molar-refractivity contribution >= 4 is 21.6 Å². The van der Waals surface area contributed by atoms with Crippen LogP contribution in [0.5, 0.6) is 0 Å². The molecule has 2 aromatic rings. The van der Waals surface area contributed by atoms with E-state index in [2.05, 4.69) is 21.0 Å².